The van der Waals surface area contributed by atoms with Crippen molar-refractivity contribution in [2.24, 2.45) is 0 Å². The Hall–Kier alpha value is -1.16. The van der Waals surface area contributed by atoms with E-state index in [2.05, 4.69) is 36.1 Å². The highest BCUT2D eigenvalue weighted by Gasteiger charge is 2.18. The molecule has 0 radical (unpaired) electrons. The van der Waals surface area contributed by atoms with Gasteiger partial charge >= 0.3 is 0 Å². The van der Waals surface area contributed by atoms with Crippen molar-refractivity contribution in [3.63, 3.8) is 0 Å². The molecule has 1 heterocycles. The van der Waals surface area contributed by atoms with Gasteiger partial charge in [-0.3, -0.25) is 0 Å². The van der Waals surface area contributed by atoms with Crippen LogP contribution < -0.4 is 10.1 Å². The SMILES string of the molecule is CCNC(C)C(C)c1ncnc(OC)c1C. The standard InChI is InChI=1S/C12H21N3O/c1-6-13-10(4)8(2)11-9(3)12(16-5)15-7-14-11/h7-8,10,13H,6H2,1-5H3. The van der Waals surface area contributed by atoms with Crippen molar-refractivity contribution in [2.45, 2.75) is 39.7 Å². The molecule has 0 aromatic carbocycles. The summed E-state index contributed by atoms with van der Waals surface area (Å²) < 4.78 is 5.20. The van der Waals surface area contributed by atoms with Gasteiger partial charge in [-0.05, 0) is 20.4 Å². The van der Waals surface area contributed by atoms with Crippen LogP contribution in [0.5, 0.6) is 5.88 Å². The third-order valence-electron chi connectivity index (χ3n) is 2.98. The third kappa shape index (κ3) is 2.70. The van der Waals surface area contributed by atoms with Crippen LogP contribution in [0.3, 0.4) is 0 Å². The molecule has 0 saturated heterocycles. The van der Waals surface area contributed by atoms with E-state index < -0.39 is 0 Å². The highest BCUT2D eigenvalue weighted by Crippen LogP contribution is 2.24. The quantitative estimate of drug-likeness (QED) is 0.828. The van der Waals surface area contributed by atoms with Crippen molar-refractivity contribution < 1.29 is 4.74 Å². The summed E-state index contributed by atoms with van der Waals surface area (Å²) in [5.41, 5.74) is 2.09. The summed E-state index contributed by atoms with van der Waals surface area (Å²) in [5.74, 6) is 1.01. The van der Waals surface area contributed by atoms with E-state index in [1.54, 1.807) is 13.4 Å². The van der Waals surface area contributed by atoms with E-state index in [0.29, 0.717) is 17.8 Å². The fourth-order valence-corrected chi connectivity index (χ4v) is 1.85. The number of nitrogens with zero attached hydrogens (tertiary/aromatic N) is 2. The van der Waals surface area contributed by atoms with E-state index in [4.69, 9.17) is 4.74 Å². The van der Waals surface area contributed by atoms with Gasteiger partial charge in [0, 0.05) is 17.5 Å². The molecule has 0 spiro atoms. The summed E-state index contributed by atoms with van der Waals surface area (Å²) in [6.07, 6.45) is 1.57. The highest BCUT2D eigenvalue weighted by atomic mass is 16.5. The molecule has 2 atom stereocenters. The number of methoxy groups -OCH3 is 1. The van der Waals surface area contributed by atoms with Crippen LogP contribution in [-0.4, -0.2) is 29.7 Å². The van der Waals surface area contributed by atoms with Crippen LogP contribution in [0.25, 0.3) is 0 Å². The van der Waals surface area contributed by atoms with Crippen LogP contribution in [-0.2, 0) is 0 Å². The van der Waals surface area contributed by atoms with Gasteiger partial charge < -0.3 is 10.1 Å². The fourth-order valence-electron chi connectivity index (χ4n) is 1.85. The number of aromatic nitrogens is 2. The van der Waals surface area contributed by atoms with Crippen molar-refractivity contribution in [3.05, 3.63) is 17.6 Å². The summed E-state index contributed by atoms with van der Waals surface area (Å²) in [6.45, 7) is 9.41. The van der Waals surface area contributed by atoms with Gasteiger partial charge in [-0.25, -0.2) is 9.97 Å². The molecule has 0 aliphatic carbocycles. The fraction of sp³-hybridized carbons (Fsp3) is 0.667. The van der Waals surface area contributed by atoms with Gasteiger partial charge in [-0.15, -0.1) is 0 Å². The maximum Gasteiger partial charge on any atom is 0.219 e. The molecular weight excluding hydrogens is 202 g/mol. The van der Waals surface area contributed by atoms with Crippen molar-refractivity contribution >= 4 is 0 Å². The van der Waals surface area contributed by atoms with E-state index in [1.807, 2.05) is 6.92 Å². The van der Waals surface area contributed by atoms with Crippen LogP contribution in [0, 0.1) is 6.92 Å². The number of hydrogen-bond donors (Lipinski definition) is 1. The van der Waals surface area contributed by atoms with Crippen LogP contribution in [0.1, 0.15) is 37.9 Å². The Labute approximate surface area is 97.5 Å². The minimum absolute atomic E-state index is 0.344. The second-order valence-corrected chi connectivity index (χ2v) is 4.03. The van der Waals surface area contributed by atoms with E-state index in [-0.39, 0.29) is 0 Å². The van der Waals surface area contributed by atoms with E-state index in [1.165, 1.54) is 0 Å². The predicted molar refractivity (Wildman–Crippen MR) is 64.9 cm³/mol. The van der Waals surface area contributed by atoms with E-state index in [0.717, 1.165) is 17.8 Å². The average Bonchev–Trinajstić information content (AvgIpc) is 2.29. The first-order chi connectivity index (χ1) is 7.61. The van der Waals surface area contributed by atoms with Gasteiger partial charge in [0.25, 0.3) is 0 Å². The molecule has 1 aromatic rings. The molecule has 16 heavy (non-hydrogen) atoms. The smallest absolute Gasteiger partial charge is 0.219 e. The van der Waals surface area contributed by atoms with Crippen molar-refractivity contribution in [3.8, 4) is 5.88 Å². The monoisotopic (exact) mass is 223 g/mol. The minimum Gasteiger partial charge on any atom is -0.481 e. The Morgan fingerprint density at radius 2 is 2.06 bits per heavy atom. The van der Waals surface area contributed by atoms with Gasteiger partial charge in [-0.1, -0.05) is 13.8 Å². The number of rotatable bonds is 5. The molecule has 0 amide bonds. The summed E-state index contributed by atoms with van der Waals surface area (Å²) in [4.78, 5) is 8.45. The molecule has 0 saturated carbocycles. The summed E-state index contributed by atoms with van der Waals surface area (Å²) in [5, 5.41) is 3.41. The topological polar surface area (TPSA) is 47.0 Å². The number of nitrogens with one attached hydrogen (secondary N) is 1. The summed E-state index contributed by atoms with van der Waals surface area (Å²) in [7, 11) is 1.64. The zero-order valence-electron chi connectivity index (χ0n) is 10.7. The molecule has 0 aliphatic heterocycles. The maximum atomic E-state index is 5.20. The summed E-state index contributed by atoms with van der Waals surface area (Å²) >= 11 is 0. The molecule has 0 aliphatic rings. The maximum absolute atomic E-state index is 5.20. The Morgan fingerprint density at radius 3 is 2.62 bits per heavy atom. The molecule has 0 bridgehead atoms. The van der Waals surface area contributed by atoms with Crippen LogP contribution in [0.15, 0.2) is 6.33 Å². The molecule has 90 valence electrons. The number of hydrogen-bond acceptors (Lipinski definition) is 4. The second-order valence-electron chi connectivity index (χ2n) is 4.03. The van der Waals surface area contributed by atoms with Crippen LogP contribution in [0.4, 0.5) is 0 Å². The highest BCUT2D eigenvalue weighted by molar-refractivity contribution is 5.30. The average molecular weight is 223 g/mol. The molecule has 1 rings (SSSR count). The van der Waals surface area contributed by atoms with Crippen molar-refractivity contribution in [2.75, 3.05) is 13.7 Å². The minimum atomic E-state index is 0.344. The van der Waals surface area contributed by atoms with Gasteiger partial charge in [0.15, 0.2) is 0 Å². The van der Waals surface area contributed by atoms with Crippen molar-refractivity contribution in [1.29, 1.82) is 0 Å². The van der Waals surface area contributed by atoms with Crippen molar-refractivity contribution in [1.82, 2.24) is 15.3 Å². The second kappa shape index (κ2) is 5.80. The lowest BCUT2D eigenvalue weighted by molar-refractivity contribution is 0.389. The molecule has 0 fully saturated rings. The number of likely N-dealkylation sites (N-methyl/N-ethyl adjacent to an activating group) is 1. The first-order valence-corrected chi connectivity index (χ1v) is 5.70. The summed E-state index contributed by atoms with van der Waals surface area (Å²) in [6, 6.07) is 0.392. The van der Waals surface area contributed by atoms with Crippen LogP contribution >= 0.6 is 0 Å². The Morgan fingerprint density at radius 1 is 1.38 bits per heavy atom. The number of ether oxygens (including phenoxy) is 1. The lowest BCUT2D eigenvalue weighted by atomic mass is 9.96. The molecule has 2 unspecified atom stereocenters. The largest absolute Gasteiger partial charge is 0.481 e. The Balaban J connectivity index is 2.94. The molecule has 4 heteroatoms. The lowest BCUT2D eigenvalue weighted by Gasteiger charge is -2.22. The van der Waals surface area contributed by atoms with Gasteiger partial charge in [0.2, 0.25) is 5.88 Å². The first kappa shape index (κ1) is 12.9. The Kier molecular flexibility index (Phi) is 4.68. The van der Waals surface area contributed by atoms with Gasteiger partial charge in [0.1, 0.15) is 6.33 Å². The Bertz CT molecular complexity index is 341. The lowest BCUT2D eigenvalue weighted by Crippen LogP contribution is -2.31. The molecule has 4 nitrogen and oxygen atoms in total. The zero-order chi connectivity index (χ0) is 12.1. The van der Waals surface area contributed by atoms with Gasteiger partial charge in [0.05, 0.1) is 12.8 Å². The van der Waals surface area contributed by atoms with E-state index >= 15 is 0 Å². The molecule has 1 N–H and O–H groups in total. The zero-order valence-corrected chi connectivity index (χ0v) is 10.7. The predicted octanol–water partition coefficient (Wildman–Crippen LogP) is 1.90. The molecule has 1 aromatic heterocycles. The third-order valence-corrected chi connectivity index (χ3v) is 2.98. The van der Waals surface area contributed by atoms with Gasteiger partial charge in [-0.2, -0.15) is 0 Å². The normalized spacial score (nSPS) is 14.6. The van der Waals surface area contributed by atoms with E-state index in [9.17, 15) is 0 Å². The molecular formula is C12H21N3O. The van der Waals surface area contributed by atoms with Crippen LogP contribution in [0.2, 0.25) is 0 Å². The first-order valence-electron chi connectivity index (χ1n) is 5.70.